The van der Waals surface area contributed by atoms with Crippen LogP contribution in [0.5, 0.6) is 5.19 Å². The Morgan fingerprint density at radius 2 is 2.75 bits per heavy atom. The maximum Gasteiger partial charge on any atom is 0.273 e. The molecule has 0 saturated carbocycles. The summed E-state index contributed by atoms with van der Waals surface area (Å²) in [6.07, 6.45) is 4.26. The molecule has 1 atom stereocenters. The summed E-state index contributed by atoms with van der Waals surface area (Å²) < 4.78 is 5.47. The molecule has 66 valence electrons. The van der Waals surface area contributed by atoms with E-state index >= 15 is 0 Å². The molecule has 12 heavy (non-hydrogen) atoms. The molecule has 0 radical (unpaired) electrons. The standard InChI is InChI=1S/C8H12N2OS/c1-2-7(9-3-1)6-11-8-10-4-5-12-8/h4-5,7,9H,1-3,6H2/t7-/m0/s1. The van der Waals surface area contributed by atoms with Gasteiger partial charge in [-0.05, 0) is 19.4 Å². The Kier molecular flexibility index (Phi) is 2.58. The predicted molar refractivity (Wildman–Crippen MR) is 48.6 cm³/mol. The quantitative estimate of drug-likeness (QED) is 0.768. The fourth-order valence-electron chi connectivity index (χ4n) is 1.35. The molecule has 3 nitrogen and oxygen atoms in total. The minimum atomic E-state index is 0.536. The van der Waals surface area contributed by atoms with Gasteiger partial charge >= 0.3 is 0 Å². The summed E-state index contributed by atoms with van der Waals surface area (Å²) in [6, 6.07) is 0.536. The minimum absolute atomic E-state index is 0.536. The van der Waals surface area contributed by atoms with Crippen LogP contribution in [-0.4, -0.2) is 24.2 Å². The summed E-state index contributed by atoms with van der Waals surface area (Å²) in [4.78, 5) is 4.05. The van der Waals surface area contributed by atoms with E-state index in [9.17, 15) is 0 Å². The molecule has 1 saturated heterocycles. The molecule has 2 rings (SSSR count). The van der Waals surface area contributed by atoms with E-state index < -0.39 is 0 Å². The first-order valence-corrected chi connectivity index (χ1v) is 5.09. The highest BCUT2D eigenvalue weighted by molar-refractivity contribution is 7.11. The molecule has 1 fully saturated rings. The predicted octanol–water partition coefficient (Wildman–Crippen LogP) is 1.27. The zero-order chi connectivity index (χ0) is 8.23. The molecule has 0 amide bonds. The van der Waals surface area contributed by atoms with Crippen LogP contribution in [0.1, 0.15) is 12.8 Å². The number of hydrogen-bond donors (Lipinski definition) is 1. The van der Waals surface area contributed by atoms with Crippen molar-refractivity contribution in [2.45, 2.75) is 18.9 Å². The monoisotopic (exact) mass is 184 g/mol. The second-order valence-electron chi connectivity index (χ2n) is 2.90. The van der Waals surface area contributed by atoms with Gasteiger partial charge in [-0.25, -0.2) is 4.98 Å². The van der Waals surface area contributed by atoms with Crippen molar-refractivity contribution in [2.24, 2.45) is 0 Å². The third kappa shape index (κ3) is 1.95. The first-order valence-electron chi connectivity index (χ1n) is 4.21. The van der Waals surface area contributed by atoms with Crippen LogP contribution in [0.15, 0.2) is 11.6 Å². The lowest BCUT2D eigenvalue weighted by atomic mass is 10.2. The fraction of sp³-hybridized carbons (Fsp3) is 0.625. The molecular weight excluding hydrogens is 172 g/mol. The van der Waals surface area contributed by atoms with Gasteiger partial charge in [0, 0.05) is 17.6 Å². The van der Waals surface area contributed by atoms with E-state index in [-0.39, 0.29) is 0 Å². The maximum atomic E-state index is 5.47. The zero-order valence-electron chi connectivity index (χ0n) is 6.82. The highest BCUT2D eigenvalue weighted by atomic mass is 32.1. The Morgan fingerprint density at radius 1 is 1.75 bits per heavy atom. The van der Waals surface area contributed by atoms with E-state index in [2.05, 4.69) is 10.3 Å². The summed E-state index contributed by atoms with van der Waals surface area (Å²) in [5, 5.41) is 6.08. The first kappa shape index (κ1) is 8.01. The molecule has 4 heteroatoms. The molecule has 0 aliphatic carbocycles. The second-order valence-corrected chi connectivity index (χ2v) is 3.76. The Hall–Kier alpha value is -0.610. The third-order valence-corrected chi connectivity index (χ3v) is 2.66. The lowest BCUT2D eigenvalue weighted by molar-refractivity contribution is 0.276. The van der Waals surface area contributed by atoms with Gasteiger partial charge in [0.05, 0.1) is 0 Å². The number of ether oxygens (including phenoxy) is 1. The lowest BCUT2D eigenvalue weighted by Gasteiger charge is -2.08. The summed E-state index contributed by atoms with van der Waals surface area (Å²) in [7, 11) is 0. The Labute approximate surface area is 75.8 Å². The number of nitrogens with zero attached hydrogens (tertiary/aromatic N) is 1. The summed E-state index contributed by atoms with van der Waals surface area (Å²) in [5.74, 6) is 0. The topological polar surface area (TPSA) is 34.1 Å². The van der Waals surface area contributed by atoms with Crippen molar-refractivity contribution in [3.8, 4) is 5.19 Å². The zero-order valence-corrected chi connectivity index (χ0v) is 7.64. The summed E-state index contributed by atoms with van der Waals surface area (Å²) in [6.45, 7) is 1.89. The average molecular weight is 184 g/mol. The van der Waals surface area contributed by atoms with Crippen molar-refractivity contribution < 1.29 is 4.74 Å². The van der Waals surface area contributed by atoms with Crippen LogP contribution in [0.2, 0.25) is 0 Å². The van der Waals surface area contributed by atoms with Crippen LogP contribution in [0.25, 0.3) is 0 Å². The van der Waals surface area contributed by atoms with Gasteiger partial charge in [0.2, 0.25) is 0 Å². The largest absolute Gasteiger partial charge is 0.468 e. The highest BCUT2D eigenvalue weighted by Crippen LogP contribution is 2.14. The SMILES string of the molecule is c1csc(OC[C@@H]2CCCN2)n1. The molecular formula is C8H12N2OS. The number of aromatic nitrogens is 1. The smallest absolute Gasteiger partial charge is 0.273 e. The van der Waals surface area contributed by atoms with Crippen molar-refractivity contribution in [3.63, 3.8) is 0 Å². The van der Waals surface area contributed by atoms with Crippen molar-refractivity contribution in [1.82, 2.24) is 10.3 Å². The first-order chi connectivity index (χ1) is 5.95. The van der Waals surface area contributed by atoms with E-state index in [0.29, 0.717) is 6.04 Å². The third-order valence-electron chi connectivity index (χ3n) is 1.98. The van der Waals surface area contributed by atoms with Crippen LogP contribution in [0, 0.1) is 0 Å². The molecule has 1 aromatic rings. The molecule has 1 N–H and O–H groups in total. The summed E-state index contributed by atoms with van der Waals surface area (Å²) >= 11 is 1.55. The Bertz CT molecular complexity index is 219. The number of hydrogen-bond acceptors (Lipinski definition) is 4. The van der Waals surface area contributed by atoms with Crippen LogP contribution < -0.4 is 10.1 Å². The van der Waals surface area contributed by atoms with Gasteiger partial charge in [-0.15, -0.1) is 0 Å². The second kappa shape index (κ2) is 3.87. The average Bonchev–Trinajstić information content (AvgIpc) is 2.74. The van der Waals surface area contributed by atoms with Crippen molar-refractivity contribution in [3.05, 3.63) is 11.6 Å². The number of nitrogens with one attached hydrogen (secondary N) is 1. The molecule has 0 bridgehead atoms. The van der Waals surface area contributed by atoms with Gasteiger partial charge in [0.1, 0.15) is 6.61 Å². The van der Waals surface area contributed by atoms with Crippen LogP contribution in [0.4, 0.5) is 0 Å². The van der Waals surface area contributed by atoms with Crippen LogP contribution >= 0.6 is 11.3 Å². The van der Waals surface area contributed by atoms with Gasteiger partial charge in [-0.2, -0.15) is 0 Å². The van der Waals surface area contributed by atoms with Crippen LogP contribution in [0.3, 0.4) is 0 Å². The van der Waals surface area contributed by atoms with Crippen LogP contribution in [-0.2, 0) is 0 Å². The molecule has 0 spiro atoms. The van der Waals surface area contributed by atoms with Crippen molar-refractivity contribution in [1.29, 1.82) is 0 Å². The number of thiazole rings is 1. The Morgan fingerprint density at radius 3 is 3.42 bits per heavy atom. The van der Waals surface area contributed by atoms with Gasteiger partial charge in [-0.3, -0.25) is 0 Å². The fourth-order valence-corrected chi connectivity index (χ4v) is 1.85. The Balaban J connectivity index is 1.74. The van der Waals surface area contributed by atoms with E-state index in [0.717, 1.165) is 18.3 Å². The molecule has 1 aliphatic rings. The van der Waals surface area contributed by atoms with E-state index in [1.807, 2.05) is 5.38 Å². The van der Waals surface area contributed by atoms with E-state index in [1.165, 1.54) is 12.8 Å². The molecule has 0 unspecified atom stereocenters. The molecule has 2 heterocycles. The molecule has 1 aromatic heterocycles. The van der Waals surface area contributed by atoms with Gasteiger partial charge in [-0.1, -0.05) is 11.3 Å². The lowest BCUT2D eigenvalue weighted by Crippen LogP contribution is -2.28. The molecule has 1 aliphatic heterocycles. The van der Waals surface area contributed by atoms with Gasteiger partial charge < -0.3 is 10.1 Å². The van der Waals surface area contributed by atoms with Crippen molar-refractivity contribution >= 4 is 11.3 Å². The normalized spacial score (nSPS) is 22.8. The van der Waals surface area contributed by atoms with Gasteiger partial charge in [0.25, 0.3) is 5.19 Å². The van der Waals surface area contributed by atoms with E-state index in [4.69, 9.17) is 4.74 Å². The minimum Gasteiger partial charge on any atom is -0.468 e. The molecule has 0 aromatic carbocycles. The van der Waals surface area contributed by atoms with Gasteiger partial charge in [0.15, 0.2) is 0 Å². The van der Waals surface area contributed by atoms with Crippen molar-refractivity contribution in [2.75, 3.05) is 13.2 Å². The summed E-state index contributed by atoms with van der Waals surface area (Å²) in [5.41, 5.74) is 0. The maximum absolute atomic E-state index is 5.47. The highest BCUT2D eigenvalue weighted by Gasteiger charge is 2.14. The number of rotatable bonds is 3. The van der Waals surface area contributed by atoms with E-state index in [1.54, 1.807) is 17.5 Å².